The quantitative estimate of drug-likeness (QED) is 0.751. The molecule has 0 spiro atoms. The Kier molecular flexibility index (Phi) is 2.36. The molecule has 0 aromatic carbocycles. The van der Waals surface area contributed by atoms with Gasteiger partial charge in [-0.1, -0.05) is 0 Å². The van der Waals surface area contributed by atoms with Crippen LogP contribution in [0.3, 0.4) is 0 Å². The number of hydrogen-bond acceptors (Lipinski definition) is 4. The van der Waals surface area contributed by atoms with Crippen LogP contribution < -0.4 is 4.28 Å². The fourth-order valence-electron chi connectivity index (χ4n) is 0.568. The van der Waals surface area contributed by atoms with Crippen molar-refractivity contribution in [2.45, 2.75) is 5.51 Å². The first kappa shape index (κ1) is 10.7. The summed E-state index contributed by atoms with van der Waals surface area (Å²) in [4.78, 5) is 0. The van der Waals surface area contributed by atoms with Crippen LogP contribution in [0.4, 0.5) is 13.2 Å². The normalized spacial score (nSPS) is 12.8. The van der Waals surface area contributed by atoms with Gasteiger partial charge < -0.3 is 5.11 Å². The van der Waals surface area contributed by atoms with Crippen molar-refractivity contribution in [1.29, 1.82) is 0 Å². The fraction of sp³-hybridized carbons (Fsp3) is 0.200. The molecule has 0 fully saturated rings. The van der Waals surface area contributed by atoms with E-state index in [2.05, 4.69) is 4.28 Å². The van der Waals surface area contributed by atoms with E-state index in [1.807, 2.05) is 0 Å². The molecule has 0 atom stereocenters. The van der Waals surface area contributed by atoms with E-state index in [0.29, 0.717) is 0 Å². The van der Waals surface area contributed by atoms with Gasteiger partial charge in [-0.05, 0) is 6.07 Å². The molecule has 80 valence electrons. The fourth-order valence-corrected chi connectivity index (χ4v) is 0.990. The summed E-state index contributed by atoms with van der Waals surface area (Å²) in [5.41, 5.74) is -5.52. The zero-order chi connectivity index (χ0) is 11.0. The van der Waals surface area contributed by atoms with Crippen LogP contribution in [0.1, 0.15) is 0 Å². The molecule has 9 heteroatoms. The summed E-state index contributed by atoms with van der Waals surface area (Å²) in [6.07, 6.45) is 0.818. The molecule has 0 radical (unpaired) electrons. The lowest BCUT2D eigenvalue weighted by Gasteiger charge is -2.09. The Hall–Kier alpha value is -1.38. The molecule has 1 heterocycles. The first-order chi connectivity index (χ1) is 6.24. The molecule has 0 aliphatic carbocycles. The smallest absolute Gasteiger partial charge is 0.492 e. The topological polar surface area (TPSA) is 68.5 Å². The Morgan fingerprint density at radius 2 is 2.00 bits per heavy atom. The molecule has 0 bridgehead atoms. The van der Waals surface area contributed by atoms with E-state index < -0.39 is 21.5 Å². The van der Waals surface area contributed by atoms with E-state index in [1.165, 1.54) is 0 Å². The van der Waals surface area contributed by atoms with Gasteiger partial charge in [-0.2, -0.15) is 21.6 Å². The standard InChI is InChI=1S/C5H4F3NO4S/c6-5(7,8)14(11,12)13-9-3-1-2-4(9)10/h1-3,10H. The number of halogens is 3. The van der Waals surface area contributed by atoms with Crippen LogP contribution in [0, 0.1) is 0 Å². The highest BCUT2D eigenvalue weighted by Crippen LogP contribution is 2.23. The highest BCUT2D eigenvalue weighted by Gasteiger charge is 2.49. The Bertz CT molecular complexity index is 420. The summed E-state index contributed by atoms with van der Waals surface area (Å²) in [5, 5.41) is 8.79. The third kappa shape index (κ3) is 1.92. The minimum atomic E-state index is -5.74. The molecule has 0 aliphatic rings. The van der Waals surface area contributed by atoms with Gasteiger partial charge in [-0.25, -0.2) is 0 Å². The van der Waals surface area contributed by atoms with Crippen molar-refractivity contribution >= 4 is 10.1 Å². The molecule has 1 N–H and O–H groups in total. The maximum atomic E-state index is 11.7. The maximum Gasteiger partial charge on any atom is 0.536 e. The van der Waals surface area contributed by atoms with Crippen LogP contribution in [0.25, 0.3) is 0 Å². The molecule has 0 saturated heterocycles. The van der Waals surface area contributed by atoms with Crippen molar-refractivity contribution in [2.24, 2.45) is 0 Å². The molecule has 0 unspecified atom stereocenters. The van der Waals surface area contributed by atoms with Crippen LogP contribution in [0.5, 0.6) is 5.88 Å². The van der Waals surface area contributed by atoms with Crippen molar-refractivity contribution in [3.8, 4) is 5.88 Å². The van der Waals surface area contributed by atoms with Crippen molar-refractivity contribution in [3.05, 3.63) is 18.3 Å². The molecule has 5 nitrogen and oxygen atoms in total. The maximum absolute atomic E-state index is 11.7. The van der Waals surface area contributed by atoms with Gasteiger partial charge in [0.1, 0.15) is 0 Å². The van der Waals surface area contributed by atoms with Gasteiger partial charge >= 0.3 is 15.6 Å². The minimum absolute atomic E-state index is 0.0861. The Labute approximate surface area is 76.4 Å². The van der Waals surface area contributed by atoms with Crippen LogP contribution >= 0.6 is 0 Å². The monoisotopic (exact) mass is 231 g/mol. The molecular formula is C5H4F3NO4S. The van der Waals surface area contributed by atoms with E-state index in [1.54, 1.807) is 0 Å². The highest BCUT2D eigenvalue weighted by molar-refractivity contribution is 7.87. The van der Waals surface area contributed by atoms with E-state index in [4.69, 9.17) is 5.11 Å². The van der Waals surface area contributed by atoms with E-state index in [9.17, 15) is 21.6 Å². The second kappa shape index (κ2) is 3.08. The highest BCUT2D eigenvalue weighted by atomic mass is 32.2. The first-order valence-corrected chi connectivity index (χ1v) is 4.52. The average molecular weight is 231 g/mol. The van der Waals surface area contributed by atoms with E-state index in [-0.39, 0.29) is 4.73 Å². The SMILES string of the molecule is O=S(=O)(On1cccc1O)C(F)(F)F. The number of alkyl halides is 3. The summed E-state index contributed by atoms with van der Waals surface area (Å²) >= 11 is 0. The predicted molar refractivity (Wildman–Crippen MR) is 37.7 cm³/mol. The van der Waals surface area contributed by atoms with E-state index >= 15 is 0 Å². The number of aromatic nitrogens is 1. The summed E-state index contributed by atoms with van der Waals surface area (Å²) in [6.45, 7) is 0. The Morgan fingerprint density at radius 1 is 1.43 bits per heavy atom. The first-order valence-electron chi connectivity index (χ1n) is 3.11. The Morgan fingerprint density at radius 3 is 2.36 bits per heavy atom. The van der Waals surface area contributed by atoms with Crippen molar-refractivity contribution in [1.82, 2.24) is 4.73 Å². The lowest BCUT2D eigenvalue weighted by Crippen LogP contribution is -2.32. The lowest BCUT2D eigenvalue weighted by molar-refractivity contribution is -0.0550. The third-order valence-electron chi connectivity index (χ3n) is 1.15. The molecule has 0 amide bonds. The largest absolute Gasteiger partial charge is 0.536 e. The number of nitrogens with zero attached hydrogens (tertiary/aromatic N) is 1. The van der Waals surface area contributed by atoms with Crippen molar-refractivity contribution < 1.29 is 31.0 Å². The summed E-state index contributed by atoms with van der Waals surface area (Å²) < 4.78 is 59.7. The second-order valence-electron chi connectivity index (χ2n) is 2.17. The van der Waals surface area contributed by atoms with Crippen LogP contribution in [-0.4, -0.2) is 23.8 Å². The molecule has 1 aromatic rings. The van der Waals surface area contributed by atoms with Crippen molar-refractivity contribution in [3.63, 3.8) is 0 Å². The number of hydrogen-bond donors (Lipinski definition) is 1. The van der Waals surface area contributed by atoms with Crippen LogP contribution in [0.15, 0.2) is 18.3 Å². The zero-order valence-electron chi connectivity index (χ0n) is 6.39. The molecule has 0 aliphatic heterocycles. The molecule has 0 saturated carbocycles. The molecule has 1 aromatic heterocycles. The number of rotatable bonds is 2. The van der Waals surface area contributed by atoms with Gasteiger partial charge in [0, 0.05) is 12.3 Å². The molecule has 1 rings (SSSR count). The second-order valence-corrected chi connectivity index (χ2v) is 3.69. The third-order valence-corrected chi connectivity index (χ3v) is 2.08. The summed E-state index contributed by atoms with van der Waals surface area (Å²) in [5.74, 6) is -0.752. The van der Waals surface area contributed by atoms with Gasteiger partial charge in [-0.3, -0.25) is 4.28 Å². The zero-order valence-corrected chi connectivity index (χ0v) is 7.21. The van der Waals surface area contributed by atoms with Gasteiger partial charge in [0.25, 0.3) is 0 Å². The number of aromatic hydroxyl groups is 1. The average Bonchev–Trinajstić information content (AvgIpc) is 2.33. The van der Waals surface area contributed by atoms with Gasteiger partial charge in [0.15, 0.2) is 0 Å². The van der Waals surface area contributed by atoms with Crippen LogP contribution in [-0.2, 0) is 10.1 Å². The molecule has 14 heavy (non-hydrogen) atoms. The lowest BCUT2D eigenvalue weighted by atomic mass is 10.7. The summed E-state index contributed by atoms with van der Waals surface area (Å²) in [6, 6.07) is 2.08. The van der Waals surface area contributed by atoms with E-state index in [0.717, 1.165) is 18.3 Å². The minimum Gasteiger partial charge on any atom is -0.492 e. The molecular weight excluding hydrogens is 227 g/mol. The van der Waals surface area contributed by atoms with Crippen molar-refractivity contribution in [2.75, 3.05) is 0 Å². The van der Waals surface area contributed by atoms with Gasteiger partial charge in [-0.15, -0.1) is 4.73 Å². The van der Waals surface area contributed by atoms with Gasteiger partial charge in [0.05, 0.1) is 0 Å². The Balaban J connectivity index is 2.96. The predicted octanol–water partition coefficient (Wildman–Crippen LogP) is 0.472. The van der Waals surface area contributed by atoms with Crippen LogP contribution in [0.2, 0.25) is 0 Å². The van der Waals surface area contributed by atoms with Gasteiger partial charge in [0.2, 0.25) is 5.88 Å². The summed E-state index contributed by atoms with van der Waals surface area (Å²) in [7, 11) is -5.74.